The fourth-order valence-corrected chi connectivity index (χ4v) is 4.53. The van der Waals surface area contributed by atoms with Gasteiger partial charge in [-0.3, -0.25) is 0 Å². The van der Waals surface area contributed by atoms with Crippen LogP contribution >= 0.6 is 15.9 Å². The predicted molar refractivity (Wildman–Crippen MR) is 90.2 cm³/mol. The Bertz CT molecular complexity index is 644. The Hall–Kier alpha value is -0.920. The van der Waals surface area contributed by atoms with Crippen LogP contribution in [-0.4, -0.2) is 40.0 Å². The number of carbonyl (C=O) groups excluding carboxylic acids is 1. The van der Waals surface area contributed by atoms with Gasteiger partial charge in [-0.15, -0.1) is 0 Å². The summed E-state index contributed by atoms with van der Waals surface area (Å²) in [6, 6.07) is 6.96. The van der Waals surface area contributed by atoms with E-state index in [0.717, 1.165) is 12.0 Å². The summed E-state index contributed by atoms with van der Waals surface area (Å²) in [4.78, 5) is 11.9. The van der Waals surface area contributed by atoms with Crippen molar-refractivity contribution in [1.29, 1.82) is 0 Å². The summed E-state index contributed by atoms with van der Waals surface area (Å²) < 4.78 is 35.0. The molecule has 1 aromatic rings. The van der Waals surface area contributed by atoms with Gasteiger partial charge in [-0.1, -0.05) is 28.1 Å². The van der Waals surface area contributed by atoms with Gasteiger partial charge < -0.3 is 9.47 Å². The quantitative estimate of drug-likeness (QED) is 0.538. The number of alkyl halides is 1. The molecule has 5 nitrogen and oxygen atoms in total. The average molecular weight is 405 g/mol. The molecule has 128 valence electrons. The molecule has 1 unspecified atom stereocenters. The fourth-order valence-electron chi connectivity index (χ4n) is 2.69. The zero-order valence-corrected chi connectivity index (χ0v) is 15.4. The molecule has 1 aliphatic rings. The van der Waals surface area contributed by atoms with Crippen molar-refractivity contribution < 1.29 is 22.7 Å². The molecule has 1 saturated heterocycles. The number of carbonyl (C=O) groups is 1. The highest BCUT2D eigenvalue weighted by atomic mass is 79.9. The third-order valence-corrected chi connectivity index (χ3v) is 6.46. The van der Waals surface area contributed by atoms with Crippen LogP contribution in [0.5, 0.6) is 0 Å². The Labute approximate surface area is 145 Å². The minimum absolute atomic E-state index is 0.0807. The molecular formula is C16H21BrO5S. The molecule has 7 heteroatoms. The lowest BCUT2D eigenvalue weighted by atomic mass is 9.93. The highest BCUT2D eigenvalue weighted by Crippen LogP contribution is 2.26. The van der Waals surface area contributed by atoms with Gasteiger partial charge in [0.1, 0.15) is 0 Å². The van der Waals surface area contributed by atoms with E-state index in [9.17, 15) is 13.2 Å². The summed E-state index contributed by atoms with van der Waals surface area (Å²) >= 11 is 3.33. The standard InChI is InChI=1S/C16H21BrO5S/c1-21-16(18)15-10-12(5-7-22-15)6-8-23(19,20)14-4-2-3-13(9-14)11-17/h2-4,9,12,15H,5-8,10-11H2,1H3/t12-,15?/m1/s1. The number of halogens is 1. The summed E-state index contributed by atoms with van der Waals surface area (Å²) in [5, 5.41) is 0.622. The first-order chi connectivity index (χ1) is 11.0. The maximum Gasteiger partial charge on any atom is 0.334 e. The molecular weight excluding hydrogens is 384 g/mol. The number of hydrogen-bond acceptors (Lipinski definition) is 5. The Morgan fingerprint density at radius 3 is 2.91 bits per heavy atom. The zero-order valence-electron chi connectivity index (χ0n) is 13.0. The van der Waals surface area contributed by atoms with Gasteiger partial charge in [-0.05, 0) is 42.9 Å². The van der Waals surface area contributed by atoms with E-state index in [1.54, 1.807) is 18.2 Å². The number of sulfone groups is 1. The fraction of sp³-hybridized carbons (Fsp3) is 0.562. The van der Waals surface area contributed by atoms with Crippen molar-refractivity contribution in [3.63, 3.8) is 0 Å². The van der Waals surface area contributed by atoms with Crippen LogP contribution in [0.2, 0.25) is 0 Å². The molecule has 1 aromatic carbocycles. The molecule has 1 aliphatic heterocycles. The van der Waals surface area contributed by atoms with Gasteiger partial charge in [0.25, 0.3) is 0 Å². The van der Waals surface area contributed by atoms with Crippen molar-refractivity contribution in [2.24, 2.45) is 5.92 Å². The minimum atomic E-state index is -3.31. The van der Waals surface area contributed by atoms with Crippen molar-refractivity contribution in [3.8, 4) is 0 Å². The van der Waals surface area contributed by atoms with Crippen LogP contribution in [0.4, 0.5) is 0 Å². The molecule has 0 bridgehead atoms. The van der Waals surface area contributed by atoms with Crippen LogP contribution in [0.3, 0.4) is 0 Å². The zero-order chi connectivity index (χ0) is 16.9. The lowest BCUT2D eigenvalue weighted by Gasteiger charge is -2.27. The van der Waals surface area contributed by atoms with E-state index in [4.69, 9.17) is 9.47 Å². The van der Waals surface area contributed by atoms with Crippen molar-refractivity contribution >= 4 is 31.7 Å². The molecule has 0 radical (unpaired) electrons. The Morgan fingerprint density at radius 1 is 1.43 bits per heavy atom. The second-order valence-corrected chi connectivity index (χ2v) is 8.33. The molecule has 2 atom stereocenters. The summed E-state index contributed by atoms with van der Waals surface area (Å²) in [7, 11) is -1.98. The van der Waals surface area contributed by atoms with Gasteiger partial charge in [0.2, 0.25) is 0 Å². The second kappa shape index (κ2) is 8.26. The van der Waals surface area contributed by atoms with Crippen molar-refractivity contribution in [2.45, 2.75) is 35.6 Å². The molecule has 0 N–H and O–H groups in total. The highest BCUT2D eigenvalue weighted by Gasteiger charge is 2.29. The number of methoxy groups -OCH3 is 1. The lowest BCUT2D eigenvalue weighted by molar-refractivity contribution is -0.158. The van der Waals surface area contributed by atoms with E-state index >= 15 is 0 Å². The number of benzene rings is 1. The number of ether oxygens (including phenoxy) is 2. The van der Waals surface area contributed by atoms with Gasteiger partial charge in [0, 0.05) is 11.9 Å². The summed E-state index contributed by atoms with van der Waals surface area (Å²) in [6.45, 7) is 0.462. The third kappa shape index (κ3) is 5.02. The second-order valence-electron chi connectivity index (χ2n) is 5.66. The largest absolute Gasteiger partial charge is 0.467 e. The molecule has 23 heavy (non-hydrogen) atoms. The van der Waals surface area contributed by atoms with Crippen LogP contribution < -0.4 is 0 Å². The van der Waals surface area contributed by atoms with E-state index in [-0.39, 0.29) is 17.6 Å². The first kappa shape index (κ1) is 18.4. The highest BCUT2D eigenvalue weighted by molar-refractivity contribution is 9.08. The monoisotopic (exact) mass is 404 g/mol. The van der Waals surface area contributed by atoms with Crippen LogP contribution in [0, 0.1) is 5.92 Å². The predicted octanol–water partition coefficient (Wildman–Crippen LogP) is 2.71. The normalized spacial score (nSPS) is 21.8. The maximum atomic E-state index is 12.5. The number of hydrogen-bond donors (Lipinski definition) is 0. The lowest BCUT2D eigenvalue weighted by Crippen LogP contribution is -2.34. The molecule has 0 aromatic heterocycles. The van der Waals surface area contributed by atoms with Crippen LogP contribution in [-0.2, 0) is 29.4 Å². The van der Waals surface area contributed by atoms with Crippen LogP contribution in [0.15, 0.2) is 29.2 Å². The summed E-state index contributed by atoms with van der Waals surface area (Å²) in [5.41, 5.74) is 0.933. The first-order valence-corrected chi connectivity index (χ1v) is 10.3. The molecule has 2 rings (SSSR count). The molecule has 1 fully saturated rings. The molecule has 0 aliphatic carbocycles. The molecule has 1 heterocycles. The number of esters is 1. The van der Waals surface area contributed by atoms with E-state index in [1.165, 1.54) is 7.11 Å². The first-order valence-electron chi connectivity index (χ1n) is 7.53. The Kier molecular flexibility index (Phi) is 6.61. The van der Waals surface area contributed by atoms with Gasteiger partial charge in [0.15, 0.2) is 15.9 Å². The topological polar surface area (TPSA) is 69.7 Å². The molecule has 0 spiro atoms. The molecule has 0 amide bonds. The van der Waals surface area contributed by atoms with Crippen LogP contribution in [0.25, 0.3) is 0 Å². The maximum absolute atomic E-state index is 12.5. The summed E-state index contributed by atoms with van der Waals surface area (Å²) in [5.74, 6) is -0.151. The van der Waals surface area contributed by atoms with Crippen molar-refractivity contribution in [2.75, 3.05) is 19.5 Å². The smallest absolute Gasteiger partial charge is 0.334 e. The van der Waals surface area contributed by atoms with E-state index in [1.807, 2.05) is 6.07 Å². The third-order valence-electron chi connectivity index (χ3n) is 4.06. The Morgan fingerprint density at radius 2 is 2.22 bits per heavy atom. The Balaban J connectivity index is 1.97. The summed E-state index contributed by atoms with van der Waals surface area (Å²) in [6.07, 6.45) is 1.24. The van der Waals surface area contributed by atoms with E-state index < -0.39 is 15.9 Å². The number of rotatable bonds is 6. The minimum Gasteiger partial charge on any atom is -0.467 e. The van der Waals surface area contributed by atoms with Gasteiger partial charge >= 0.3 is 5.97 Å². The van der Waals surface area contributed by atoms with E-state index in [2.05, 4.69) is 15.9 Å². The van der Waals surface area contributed by atoms with Gasteiger partial charge in [-0.25, -0.2) is 13.2 Å². The molecule has 0 saturated carbocycles. The van der Waals surface area contributed by atoms with Gasteiger partial charge in [0.05, 0.1) is 17.8 Å². The van der Waals surface area contributed by atoms with Crippen LogP contribution in [0.1, 0.15) is 24.8 Å². The van der Waals surface area contributed by atoms with Gasteiger partial charge in [-0.2, -0.15) is 0 Å². The van der Waals surface area contributed by atoms with Crippen molar-refractivity contribution in [3.05, 3.63) is 29.8 Å². The average Bonchev–Trinajstić information content (AvgIpc) is 2.59. The SMILES string of the molecule is COC(=O)C1C[C@@H](CCS(=O)(=O)c2cccc(CBr)c2)CCO1. The van der Waals surface area contributed by atoms with E-state index in [0.29, 0.717) is 29.7 Å². The van der Waals surface area contributed by atoms with Crippen molar-refractivity contribution in [1.82, 2.24) is 0 Å².